The summed E-state index contributed by atoms with van der Waals surface area (Å²) in [6, 6.07) is -0.992. The summed E-state index contributed by atoms with van der Waals surface area (Å²) in [6.45, 7) is 1.52. The Morgan fingerprint density at radius 1 is 1.17 bits per heavy atom. The largest absolute Gasteiger partial charge is 0.361 e. The topological polar surface area (TPSA) is 147 Å². The van der Waals surface area contributed by atoms with E-state index in [1.165, 1.54) is 16.2 Å². The normalized spacial score (nSPS) is 22.8. The van der Waals surface area contributed by atoms with Crippen LogP contribution in [0.15, 0.2) is 0 Å². The first kappa shape index (κ1) is 24.0. The van der Waals surface area contributed by atoms with E-state index >= 15 is 0 Å². The predicted octanol–water partition coefficient (Wildman–Crippen LogP) is -0.833. The van der Waals surface area contributed by atoms with E-state index in [-0.39, 0.29) is 30.1 Å². The number of carbonyl (C=O) groups excluding carboxylic acids is 4. The van der Waals surface area contributed by atoms with E-state index in [1.54, 1.807) is 14.1 Å². The van der Waals surface area contributed by atoms with Crippen LogP contribution in [0.5, 0.6) is 0 Å². The number of fused-ring (bicyclic) bond motifs is 1. The van der Waals surface area contributed by atoms with E-state index in [2.05, 4.69) is 20.9 Å². The lowest BCUT2D eigenvalue weighted by Gasteiger charge is -2.36. The van der Waals surface area contributed by atoms with Gasteiger partial charge in [0.25, 0.3) is 5.91 Å². The summed E-state index contributed by atoms with van der Waals surface area (Å²) >= 11 is 1.34. The SMILES string of the molecule is CN(C)C(=O)[C@H]1CC[C@H](NC(=O)C(N)=O)[C@H](NC(=O)c2nc3c(s2)CNCC3)C1.Cl. The van der Waals surface area contributed by atoms with Crippen molar-refractivity contribution in [2.45, 2.75) is 44.3 Å². The first-order valence-corrected chi connectivity index (χ1v) is 10.4. The van der Waals surface area contributed by atoms with Crippen LogP contribution in [-0.2, 0) is 27.3 Å². The number of hydrogen-bond donors (Lipinski definition) is 4. The van der Waals surface area contributed by atoms with Crippen molar-refractivity contribution >= 4 is 47.4 Å². The molecule has 1 aliphatic carbocycles. The van der Waals surface area contributed by atoms with Gasteiger partial charge in [-0.3, -0.25) is 19.2 Å². The number of nitrogens with zero attached hydrogens (tertiary/aromatic N) is 2. The summed E-state index contributed by atoms with van der Waals surface area (Å²) in [5, 5.41) is 9.11. The van der Waals surface area contributed by atoms with Crippen molar-refractivity contribution in [1.29, 1.82) is 0 Å². The molecule has 1 aromatic heterocycles. The molecule has 2 heterocycles. The van der Waals surface area contributed by atoms with Crippen molar-refractivity contribution in [3.63, 3.8) is 0 Å². The number of primary amides is 1. The maximum Gasteiger partial charge on any atom is 0.309 e. The number of aromatic nitrogens is 1. The van der Waals surface area contributed by atoms with Crippen LogP contribution in [-0.4, -0.2) is 66.2 Å². The van der Waals surface area contributed by atoms with E-state index in [9.17, 15) is 19.2 Å². The Bertz CT molecular complexity index is 806. The van der Waals surface area contributed by atoms with Crippen LogP contribution in [0.4, 0.5) is 0 Å². The van der Waals surface area contributed by atoms with E-state index in [0.29, 0.717) is 30.8 Å². The Morgan fingerprint density at radius 2 is 1.90 bits per heavy atom. The van der Waals surface area contributed by atoms with Gasteiger partial charge in [-0.2, -0.15) is 0 Å². The summed E-state index contributed by atoms with van der Waals surface area (Å²) in [6.07, 6.45) is 2.13. The minimum absolute atomic E-state index is 0. The van der Waals surface area contributed by atoms with Crippen molar-refractivity contribution < 1.29 is 19.2 Å². The van der Waals surface area contributed by atoms with Crippen molar-refractivity contribution in [3.8, 4) is 0 Å². The second kappa shape index (κ2) is 10.2. The Hall–Kier alpha value is -2.24. The van der Waals surface area contributed by atoms with E-state index in [0.717, 1.165) is 23.5 Å². The number of rotatable bonds is 4. The monoisotopic (exact) mass is 458 g/mol. The molecule has 5 N–H and O–H groups in total. The molecule has 10 nitrogen and oxygen atoms in total. The minimum Gasteiger partial charge on any atom is -0.361 e. The molecule has 0 unspecified atom stereocenters. The highest BCUT2D eigenvalue weighted by Crippen LogP contribution is 2.27. The van der Waals surface area contributed by atoms with Gasteiger partial charge >= 0.3 is 11.8 Å². The zero-order chi connectivity index (χ0) is 21.1. The average Bonchev–Trinajstić information content (AvgIpc) is 3.12. The third-order valence-corrected chi connectivity index (χ3v) is 6.39. The van der Waals surface area contributed by atoms with Crippen LogP contribution in [0, 0.1) is 5.92 Å². The zero-order valence-corrected chi connectivity index (χ0v) is 18.5. The van der Waals surface area contributed by atoms with Crippen LogP contribution >= 0.6 is 23.7 Å². The van der Waals surface area contributed by atoms with Gasteiger partial charge in [-0.05, 0) is 19.3 Å². The molecule has 1 saturated carbocycles. The maximum absolute atomic E-state index is 12.8. The Morgan fingerprint density at radius 3 is 2.53 bits per heavy atom. The van der Waals surface area contributed by atoms with Gasteiger partial charge in [-0.1, -0.05) is 0 Å². The lowest BCUT2D eigenvalue weighted by atomic mass is 9.81. The van der Waals surface area contributed by atoms with E-state index in [4.69, 9.17) is 5.73 Å². The molecule has 4 amide bonds. The molecule has 0 saturated heterocycles. The third-order valence-electron chi connectivity index (χ3n) is 5.29. The molecular formula is C18H27ClN6O4S. The van der Waals surface area contributed by atoms with Gasteiger partial charge in [0.1, 0.15) is 0 Å². The zero-order valence-electron chi connectivity index (χ0n) is 16.9. The molecule has 1 aliphatic heterocycles. The maximum atomic E-state index is 12.8. The summed E-state index contributed by atoms with van der Waals surface area (Å²) < 4.78 is 0. The van der Waals surface area contributed by atoms with Crippen molar-refractivity contribution in [2.75, 3.05) is 20.6 Å². The lowest BCUT2D eigenvalue weighted by molar-refractivity contribution is -0.138. The van der Waals surface area contributed by atoms with Crippen LogP contribution in [0.25, 0.3) is 0 Å². The number of nitrogens with one attached hydrogen (secondary N) is 3. The van der Waals surface area contributed by atoms with Gasteiger partial charge < -0.3 is 26.6 Å². The van der Waals surface area contributed by atoms with Gasteiger partial charge in [0.05, 0.1) is 11.7 Å². The number of thiazole rings is 1. The van der Waals surface area contributed by atoms with Crippen LogP contribution in [0.1, 0.15) is 39.6 Å². The van der Waals surface area contributed by atoms with Gasteiger partial charge in [0, 0.05) is 50.4 Å². The molecule has 0 spiro atoms. The van der Waals surface area contributed by atoms with Crippen LogP contribution in [0.3, 0.4) is 0 Å². The molecule has 0 radical (unpaired) electrons. The molecule has 0 bridgehead atoms. The number of nitrogens with two attached hydrogens (primary N) is 1. The highest BCUT2D eigenvalue weighted by atomic mass is 35.5. The highest BCUT2D eigenvalue weighted by molar-refractivity contribution is 7.13. The fraction of sp³-hybridized carbons (Fsp3) is 0.611. The first-order valence-electron chi connectivity index (χ1n) is 9.58. The van der Waals surface area contributed by atoms with E-state index < -0.39 is 23.9 Å². The molecule has 30 heavy (non-hydrogen) atoms. The lowest BCUT2D eigenvalue weighted by Crippen LogP contribution is -2.57. The number of halogens is 1. The van der Waals surface area contributed by atoms with Gasteiger partial charge in [0.15, 0.2) is 5.01 Å². The van der Waals surface area contributed by atoms with Gasteiger partial charge in [-0.15, -0.1) is 23.7 Å². The average molecular weight is 459 g/mol. The van der Waals surface area contributed by atoms with Crippen molar-refractivity contribution in [2.24, 2.45) is 11.7 Å². The van der Waals surface area contributed by atoms with Crippen molar-refractivity contribution in [1.82, 2.24) is 25.8 Å². The smallest absolute Gasteiger partial charge is 0.309 e. The summed E-state index contributed by atoms with van der Waals surface area (Å²) in [7, 11) is 3.37. The fourth-order valence-electron chi connectivity index (χ4n) is 3.78. The summed E-state index contributed by atoms with van der Waals surface area (Å²) in [4.78, 5) is 55.2. The first-order chi connectivity index (χ1) is 13.8. The highest BCUT2D eigenvalue weighted by Gasteiger charge is 2.37. The fourth-order valence-corrected chi connectivity index (χ4v) is 4.77. The molecule has 3 atom stereocenters. The van der Waals surface area contributed by atoms with Crippen LogP contribution < -0.4 is 21.7 Å². The second-order valence-electron chi connectivity index (χ2n) is 7.58. The second-order valence-corrected chi connectivity index (χ2v) is 8.67. The van der Waals surface area contributed by atoms with E-state index in [1.807, 2.05) is 0 Å². The number of hydrogen-bond acceptors (Lipinski definition) is 7. The molecule has 166 valence electrons. The summed E-state index contributed by atoms with van der Waals surface area (Å²) in [5.41, 5.74) is 5.98. The Kier molecular flexibility index (Phi) is 8.16. The quantitative estimate of drug-likeness (QED) is 0.433. The van der Waals surface area contributed by atoms with Gasteiger partial charge in [-0.25, -0.2) is 4.98 Å². The Labute approximate surface area is 184 Å². The molecule has 0 aromatic carbocycles. The Balaban J connectivity index is 0.00000320. The molecule has 3 rings (SSSR count). The number of carbonyl (C=O) groups is 4. The molecular weight excluding hydrogens is 432 g/mol. The standard InChI is InChI=1S/C18H26N6O4S.ClH/c1-24(2)18(28)9-3-4-10(21-15(26)14(19)25)12(7-9)22-16(27)17-23-11-5-6-20-8-13(11)29-17;/h9-10,12,20H,3-8H2,1-2H3,(H2,19,25)(H,21,26)(H,22,27);1H/t9-,10-,12+;/m0./s1. The van der Waals surface area contributed by atoms with Crippen LogP contribution in [0.2, 0.25) is 0 Å². The predicted molar refractivity (Wildman–Crippen MR) is 113 cm³/mol. The summed E-state index contributed by atoms with van der Waals surface area (Å²) in [5.74, 6) is -2.62. The molecule has 1 fully saturated rings. The van der Waals surface area contributed by atoms with Gasteiger partial charge in [0.2, 0.25) is 5.91 Å². The minimum atomic E-state index is -1.08. The number of amides is 4. The van der Waals surface area contributed by atoms with Crippen molar-refractivity contribution in [3.05, 3.63) is 15.6 Å². The third kappa shape index (κ3) is 5.46. The molecule has 12 heteroatoms. The molecule has 2 aliphatic rings. The molecule has 1 aromatic rings.